The van der Waals surface area contributed by atoms with Gasteiger partial charge in [-0.25, -0.2) is 0 Å². The molecule has 4 heteroatoms. The lowest BCUT2D eigenvalue weighted by atomic mass is 10.0. The van der Waals surface area contributed by atoms with E-state index in [4.69, 9.17) is 14.2 Å². The molecule has 0 spiro atoms. The summed E-state index contributed by atoms with van der Waals surface area (Å²) in [5.74, 6) is 0.856. The Labute approximate surface area is 95.8 Å². The molecule has 1 N–H and O–H groups in total. The Morgan fingerprint density at radius 3 is 2.31 bits per heavy atom. The molecule has 0 radical (unpaired) electrons. The molecule has 4 nitrogen and oxygen atoms in total. The minimum Gasteiger partial charge on any atom is -0.508 e. The molecule has 0 aliphatic carbocycles. The Kier molecular flexibility index (Phi) is 4.58. The van der Waals surface area contributed by atoms with Crippen LogP contribution in [0, 0.1) is 0 Å². The zero-order valence-corrected chi connectivity index (χ0v) is 10.1. The molecule has 2 atom stereocenters. The van der Waals surface area contributed by atoms with Crippen LogP contribution in [0.4, 0.5) is 0 Å². The Hall–Kier alpha value is -1.26. The summed E-state index contributed by atoms with van der Waals surface area (Å²) in [5, 5.41) is 9.79. The molecule has 0 amide bonds. The summed E-state index contributed by atoms with van der Waals surface area (Å²) in [6.07, 6.45) is -0.469. The van der Waals surface area contributed by atoms with Gasteiger partial charge < -0.3 is 19.3 Å². The largest absolute Gasteiger partial charge is 0.508 e. The first-order valence-electron chi connectivity index (χ1n) is 5.06. The maximum Gasteiger partial charge on any atom is 0.121 e. The van der Waals surface area contributed by atoms with Crippen molar-refractivity contribution in [2.75, 3.05) is 21.3 Å². The van der Waals surface area contributed by atoms with Gasteiger partial charge in [-0.15, -0.1) is 0 Å². The van der Waals surface area contributed by atoms with Crippen molar-refractivity contribution in [3.8, 4) is 11.5 Å². The molecule has 0 fully saturated rings. The number of benzene rings is 1. The Morgan fingerprint density at radius 1 is 1.12 bits per heavy atom. The fourth-order valence-corrected chi connectivity index (χ4v) is 1.58. The summed E-state index contributed by atoms with van der Waals surface area (Å²) in [7, 11) is 4.77. The Bertz CT molecular complexity index is 338. The predicted octanol–water partition coefficient (Wildman–Crippen LogP) is 2.12. The van der Waals surface area contributed by atoms with Gasteiger partial charge in [0.25, 0.3) is 0 Å². The lowest BCUT2D eigenvalue weighted by Crippen LogP contribution is -2.19. The van der Waals surface area contributed by atoms with Crippen molar-refractivity contribution in [1.29, 1.82) is 0 Å². The van der Waals surface area contributed by atoms with Crippen molar-refractivity contribution in [1.82, 2.24) is 0 Å². The zero-order valence-electron chi connectivity index (χ0n) is 10.1. The molecule has 1 rings (SSSR count). The monoisotopic (exact) mass is 226 g/mol. The van der Waals surface area contributed by atoms with Crippen molar-refractivity contribution in [2.45, 2.75) is 19.1 Å². The second-order valence-electron chi connectivity index (χ2n) is 3.52. The SMILES string of the molecule is COc1ccc(O)c([C@H](OC)[C@H](C)OC)c1. The van der Waals surface area contributed by atoms with Crippen LogP contribution in [0.3, 0.4) is 0 Å². The van der Waals surface area contributed by atoms with E-state index >= 15 is 0 Å². The Balaban J connectivity index is 3.07. The van der Waals surface area contributed by atoms with Crippen LogP contribution in [-0.2, 0) is 9.47 Å². The van der Waals surface area contributed by atoms with E-state index in [-0.39, 0.29) is 18.0 Å². The van der Waals surface area contributed by atoms with Crippen LogP contribution >= 0.6 is 0 Å². The average molecular weight is 226 g/mol. The summed E-state index contributed by atoms with van der Waals surface area (Å²) >= 11 is 0. The van der Waals surface area contributed by atoms with Gasteiger partial charge in [-0.3, -0.25) is 0 Å². The van der Waals surface area contributed by atoms with Gasteiger partial charge in [0.15, 0.2) is 0 Å². The van der Waals surface area contributed by atoms with Crippen LogP contribution in [-0.4, -0.2) is 32.5 Å². The van der Waals surface area contributed by atoms with Crippen molar-refractivity contribution in [3.05, 3.63) is 23.8 Å². The maximum atomic E-state index is 9.79. The van der Waals surface area contributed by atoms with Crippen LogP contribution in [0.5, 0.6) is 11.5 Å². The van der Waals surface area contributed by atoms with E-state index in [2.05, 4.69) is 0 Å². The van der Waals surface area contributed by atoms with Crippen LogP contribution in [0.2, 0.25) is 0 Å². The van der Waals surface area contributed by atoms with Crippen LogP contribution in [0.15, 0.2) is 18.2 Å². The number of methoxy groups -OCH3 is 3. The van der Waals surface area contributed by atoms with E-state index < -0.39 is 0 Å². The average Bonchev–Trinajstić information content (AvgIpc) is 2.32. The van der Waals surface area contributed by atoms with Gasteiger partial charge in [-0.05, 0) is 25.1 Å². The minimum absolute atomic E-state index is 0.150. The molecule has 16 heavy (non-hydrogen) atoms. The number of phenolic OH excluding ortho intramolecular Hbond substituents is 1. The van der Waals surface area contributed by atoms with E-state index in [1.54, 1.807) is 39.5 Å². The van der Waals surface area contributed by atoms with Crippen molar-refractivity contribution in [3.63, 3.8) is 0 Å². The number of hydrogen-bond donors (Lipinski definition) is 1. The highest BCUT2D eigenvalue weighted by atomic mass is 16.5. The molecule has 0 saturated heterocycles. The first kappa shape index (κ1) is 12.8. The smallest absolute Gasteiger partial charge is 0.121 e. The van der Waals surface area contributed by atoms with Gasteiger partial charge >= 0.3 is 0 Å². The van der Waals surface area contributed by atoms with Gasteiger partial charge in [0.1, 0.15) is 17.6 Å². The molecule has 0 aliphatic heterocycles. The number of aromatic hydroxyl groups is 1. The topological polar surface area (TPSA) is 47.9 Å². The molecule has 1 aromatic rings. The lowest BCUT2D eigenvalue weighted by Gasteiger charge is -2.22. The van der Waals surface area contributed by atoms with Crippen LogP contribution in [0.1, 0.15) is 18.6 Å². The highest BCUT2D eigenvalue weighted by molar-refractivity contribution is 5.41. The van der Waals surface area contributed by atoms with Gasteiger partial charge in [0, 0.05) is 19.8 Å². The molecule has 0 aliphatic rings. The van der Waals surface area contributed by atoms with E-state index in [1.165, 1.54) is 0 Å². The third-order valence-electron chi connectivity index (χ3n) is 2.59. The summed E-state index contributed by atoms with van der Waals surface area (Å²) in [6.45, 7) is 1.88. The predicted molar refractivity (Wildman–Crippen MR) is 60.9 cm³/mol. The lowest BCUT2D eigenvalue weighted by molar-refractivity contribution is -0.0288. The molecule has 0 bridgehead atoms. The zero-order chi connectivity index (χ0) is 12.1. The maximum absolute atomic E-state index is 9.79. The minimum atomic E-state index is -0.319. The molecular formula is C12H18O4. The van der Waals surface area contributed by atoms with Crippen LogP contribution in [0.25, 0.3) is 0 Å². The number of ether oxygens (including phenoxy) is 3. The van der Waals surface area contributed by atoms with Crippen molar-refractivity contribution < 1.29 is 19.3 Å². The van der Waals surface area contributed by atoms with Crippen molar-refractivity contribution in [2.24, 2.45) is 0 Å². The Morgan fingerprint density at radius 2 is 1.81 bits per heavy atom. The first-order chi connectivity index (χ1) is 7.63. The standard InChI is InChI=1S/C12H18O4/c1-8(14-2)12(16-4)10-7-9(15-3)5-6-11(10)13/h5-8,12-13H,1-4H3/t8-,12+/m0/s1. The van der Waals surface area contributed by atoms with Crippen LogP contribution < -0.4 is 4.74 Å². The first-order valence-corrected chi connectivity index (χ1v) is 5.06. The second kappa shape index (κ2) is 5.72. The van der Waals surface area contributed by atoms with Crippen molar-refractivity contribution >= 4 is 0 Å². The summed E-state index contributed by atoms with van der Waals surface area (Å²) in [5.41, 5.74) is 0.663. The molecule has 0 heterocycles. The highest BCUT2D eigenvalue weighted by Gasteiger charge is 2.22. The van der Waals surface area contributed by atoms with Gasteiger partial charge in [-0.2, -0.15) is 0 Å². The third-order valence-corrected chi connectivity index (χ3v) is 2.59. The van der Waals surface area contributed by atoms with E-state index in [0.29, 0.717) is 11.3 Å². The van der Waals surface area contributed by atoms with Gasteiger partial charge in [0.05, 0.1) is 13.2 Å². The van der Waals surface area contributed by atoms with E-state index in [1.807, 2.05) is 6.92 Å². The fourth-order valence-electron chi connectivity index (χ4n) is 1.58. The summed E-state index contributed by atoms with van der Waals surface area (Å²) in [4.78, 5) is 0. The fraction of sp³-hybridized carbons (Fsp3) is 0.500. The molecule has 0 saturated carbocycles. The van der Waals surface area contributed by atoms with Gasteiger partial charge in [0.2, 0.25) is 0 Å². The van der Waals surface area contributed by atoms with E-state index in [0.717, 1.165) is 0 Å². The third kappa shape index (κ3) is 2.65. The van der Waals surface area contributed by atoms with Gasteiger partial charge in [-0.1, -0.05) is 0 Å². The van der Waals surface area contributed by atoms with E-state index in [9.17, 15) is 5.11 Å². The second-order valence-corrected chi connectivity index (χ2v) is 3.52. The normalized spacial score (nSPS) is 14.5. The number of phenols is 1. The quantitative estimate of drug-likeness (QED) is 0.835. The highest BCUT2D eigenvalue weighted by Crippen LogP contribution is 2.32. The molecular weight excluding hydrogens is 208 g/mol. The molecule has 90 valence electrons. The number of hydrogen-bond acceptors (Lipinski definition) is 4. The molecule has 0 aromatic heterocycles. The number of rotatable bonds is 5. The summed E-state index contributed by atoms with van der Waals surface area (Å²) in [6, 6.07) is 5.03. The molecule has 1 aromatic carbocycles. The summed E-state index contributed by atoms with van der Waals surface area (Å²) < 4.78 is 15.6. The molecule has 0 unspecified atom stereocenters.